The van der Waals surface area contributed by atoms with Crippen molar-refractivity contribution in [3.63, 3.8) is 0 Å². The molecule has 0 aromatic heterocycles. The average molecular weight is 823 g/mol. The number of nitrogens with two attached hydrogens (primary N) is 3. The Morgan fingerprint density at radius 3 is 2.12 bits per heavy atom. The van der Waals surface area contributed by atoms with Crippen molar-refractivity contribution < 1.29 is 39.0 Å². The second-order valence-electron chi connectivity index (χ2n) is 15.1. The molecule has 0 aliphatic carbocycles. The van der Waals surface area contributed by atoms with Gasteiger partial charge < -0.3 is 53.6 Å². The standard InChI is InChI=1S/C41H62N10O8/c1-4-5-13-29(42)35(53)48-31(22-27-16-18-28(52)19-17-27)36(54)50-34(25(2)3)38(56)47-24-46-30(14-9-20-45-41(43)44)39(57)51-21-10-15-33(51)37(55)49-32(40(58)59)23-26-11-7-6-8-12-26/h6-8,11-12,16-19,25,29-34,46,52H,4-5,9-10,13-15,20-24,42H2,1-3H3,(H,47,56)(H,48,53)(H,49,55)(H,50,54)(H,58,59)(H4,43,44,45)/t29-,30-,31-,32-,33-,34-/m0/s1. The third-order valence-corrected chi connectivity index (χ3v) is 10.1. The number of phenols is 1. The zero-order chi connectivity index (χ0) is 43.5. The number of carboxylic acids is 1. The summed E-state index contributed by atoms with van der Waals surface area (Å²) in [5, 5.41) is 33.5. The number of nitrogens with one attached hydrogen (secondary N) is 5. The summed E-state index contributed by atoms with van der Waals surface area (Å²) < 4.78 is 0. The molecule has 18 heteroatoms. The molecule has 324 valence electrons. The number of carbonyl (C=O) groups is 6. The smallest absolute Gasteiger partial charge is 0.326 e. The Bertz CT molecular complexity index is 1720. The van der Waals surface area contributed by atoms with Gasteiger partial charge in [0.1, 0.15) is 29.9 Å². The maximum Gasteiger partial charge on any atom is 0.326 e. The number of benzene rings is 2. The van der Waals surface area contributed by atoms with Crippen LogP contribution in [-0.4, -0.2) is 113 Å². The van der Waals surface area contributed by atoms with Crippen molar-refractivity contribution in [2.75, 3.05) is 19.8 Å². The number of carboxylic acid groups (broad SMARTS) is 1. The van der Waals surface area contributed by atoms with Gasteiger partial charge in [-0.3, -0.25) is 34.3 Å². The maximum atomic E-state index is 14.1. The first-order valence-corrected chi connectivity index (χ1v) is 20.2. The zero-order valence-corrected chi connectivity index (χ0v) is 34.2. The molecule has 13 N–H and O–H groups in total. The van der Waals surface area contributed by atoms with Gasteiger partial charge in [-0.25, -0.2) is 4.79 Å². The van der Waals surface area contributed by atoms with Crippen molar-refractivity contribution in [3.8, 4) is 5.75 Å². The number of aliphatic imine (C=N–C) groups is 1. The molecule has 18 nitrogen and oxygen atoms in total. The summed E-state index contributed by atoms with van der Waals surface area (Å²) in [5.74, 6) is -4.35. The number of guanidine groups is 1. The number of aromatic hydroxyl groups is 1. The topological polar surface area (TPSA) is 297 Å². The Labute approximate surface area is 345 Å². The van der Waals surface area contributed by atoms with E-state index in [2.05, 4.69) is 31.6 Å². The molecule has 5 amide bonds. The zero-order valence-electron chi connectivity index (χ0n) is 34.2. The Hall–Kier alpha value is -5.75. The number of rotatable bonds is 24. The van der Waals surface area contributed by atoms with Gasteiger partial charge in [0.2, 0.25) is 29.5 Å². The van der Waals surface area contributed by atoms with Crippen LogP contribution in [-0.2, 0) is 41.6 Å². The monoisotopic (exact) mass is 822 g/mol. The van der Waals surface area contributed by atoms with Crippen LogP contribution in [0.5, 0.6) is 5.75 Å². The van der Waals surface area contributed by atoms with Crippen LogP contribution in [0.1, 0.15) is 76.8 Å². The van der Waals surface area contributed by atoms with E-state index in [1.807, 2.05) is 6.92 Å². The highest BCUT2D eigenvalue weighted by Gasteiger charge is 2.38. The Balaban J connectivity index is 1.71. The van der Waals surface area contributed by atoms with Gasteiger partial charge in [0, 0.05) is 25.9 Å². The van der Waals surface area contributed by atoms with Crippen LogP contribution in [0.2, 0.25) is 0 Å². The highest BCUT2D eigenvalue weighted by atomic mass is 16.4. The van der Waals surface area contributed by atoms with Crippen LogP contribution in [0.15, 0.2) is 59.6 Å². The average Bonchev–Trinajstić information content (AvgIpc) is 3.70. The molecule has 0 saturated carbocycles. The second kappa shape index (κ2) is 24.2. The van der Waals surface area contributed by atoms with E-state index in [4.69, 9.17) is 17.2 Å². The van der Waals surface area contributed by atoms with E-state index in [1.165, 1.54) is 17.0 Å². The first-order valence-electron chi connectivity index (χ1n) is 20.2. The lowest BCUT2D eigenvalue weighted by atomic mass is 10.0. The number of likely N-dealkylation sites (tertiary alicyclic amines) is 1. The summed E-state index contributed by atoms with van der Waals surface area (Å²) in [6.45, 7) is 5.75. The van der Waals surface area contributed by atoms with E-state index in [0.29, 0.717) is 31.2 Å². The summed E-state index contributed by atoms with van der Waals surface area (Å²) in [4.78, 5) is 85.4. The Morgan fingerprint density at radius 2 is 1.49 bits per heavy atom. The van der Waals surface area contributed by atoms with Gasteiger partial charge >= 0.3 is 5.97 Å². The molecule has 0 spiro atoms. The summed E-state index contributed by atoms with van der Waals surface area (Å²) in [7, 11) is 0. The lowest BCUT2D eigenvalue weighted by molar-refractivity contribution is -0.144. The van der Waals surface area contributed by atoms with Gasteiger partial charge in [-0.15, -0.1) is 0 Å². The summed E-state index contributed by atoms with van der Waals surface area (Å²) >= 11 is 0. The minimum atomic E-state index is -1.21. The number of aliphatic carboxylic acids is 1. The first kappa shape index (κ1) is 47.6. The third kappa shape index (κ3) is 15.8. The molecule has 1 saturated heterocycles. The molecule has 1 heterocycles. The lowest BCUT2D eigenvalue weighted by Gasteiger charge is -2.30. The van der Waals surface area contributed by atoms with Crippen LogP contribution in [0, 0.1) is 5.92 Å². The maximum absolute atomic E-state index is 14.1. The molecule has 2 aromatic rings. The van der Waals surface area contributed by atoms with E-state index in [1.54, 1.807) is 56.3 Å². The largest absolute Gasteiger partial charge is 0.508 e. The van der Waals surface area contributed by atoms with Gasteiger partial charge in [-0.05, 0) is 61.3 Å². The number of phenolic OH excluding ortho intramolecular Hbond substituents is 1. The van der Waals surface area contributed by atoms with Crippen molar-refractivity contribution in [3.05, 3.63) is 65.7 Å². The van der Waals surface area contributed by atoms with Crippen molar-refractivity contribution >= 4 is 41.5 Å². The molecule has 0 unspecified atom stereocenters. The summed E-state index contributed by atoms with van der Waals surface area (Å²) in [6.07, 6.45) is 3.59. The Kier molecular flexibility index (Phi) is 19.6. The normalized spacial score (nSPS) is 16.2. The minimum absolute atomic E-state index is 0.0392. The third-order valence-electron chi connectivity index (χ3n) is 10.1. The minimum Gasteiger partial charge on any atom is -0.508 e. The van der Waals surface area contributed by atoms with Crippen LogP contribution >= 0.6 is 0 Å². The molecule has 1 aliphatic rings. The molecule has 0 bridgehead atoms. The van der Waals surface area contributed by atoms with Crippen LogP contribution in [0.25, 0.3) is 0 Å². The number of carbonyl (C=O) groups excluding carboxylic acids is 5. The van der Waals surface area contributed by atoms with Crippen molar-refractivity contribution in [2.24, 2.45) is 28.1 Å². The first-order chi connectivity index (χ1) is 28.1. The number of nitrogens with zero attached hydrogens (tertiary/aromatic N) is 2. The molecular weight excluding hydrogens is 761 g/mol. The number of unbranched alkanes of at least 4 members (excludes halogenated alkanes) is 1. The van der Waals surface area contributed by atoms with E-state index in [-0.39, 0.29) is 50.7 Å². The lowest BCUT2D eigenvalue weighted by Crippen LogP contribution is -2.59. The molecule has 1 fully saturated rings. The van der Waals surface area contributed by atoms with E-state index in [0.717, 1.165) is 18.4 Å². The second-order valence-corrected chi connectivity index (χ2v) is 15.1. The van der Waals surface area contributed by atoms with E-state index < -0.39 is 77.7 Å². The highest BCUT2D eigenvalue weighted by Crippen LogP contribution is 2.21. The SMILES string of the molecule is CCCC[C@H](N)C(=O)N[C@@H](Cc1ccc(O)cc1)C(=O)N[C@H](C(=O)NCN[C@@H](CCCN=C(N)N)C(=O)N1CCC[C@H]1C(=O)N[C@@H](Cc1ccccc1)C(=O)O)C(C)C. The predicted octanol–water partition coefficient (Wildman–Crippen LogP) is -0.0336. The quantitative estimate of drug-likeness (QED) is 0.0289. The Morgan fingerprint density at radius 1 is 0.831 bits per heavy atom. The molecule has 59 heavy (non-hydrogen) atoms. The fourth-order valence-corrected chi connectivity index (χ4v) is 6.71. The van der Waals surface area contributed by atoms with E-state index in [9.17, 15) is 39.0 Å². The van der Waals surface area contributed by atoms with Gasteiger partial charge in [-0.1, -0.05) is 76.1 Å². The molecule has 6 atom stereocenters. The summed E-state index contributed by atoms with van der Waals surface area (Å²) in [6, 6.07) is 9.11. The highest BCUT2D eigenvalue weighted by molar-refractivity contribution is 5.94. The fourth-order valence-electron chi connectivity index (χ4n) is 6.71. The van der Waals surface area contributed by atoms with Crippen LogP contribution in [0.4, 0.5) is 0 Å². The van der Waals surface area contributed by atoms with Crippen molar-refractivity contribution in [1.29, 1.82) is 0 Å². The van der Waals surface area contributed by atoms with Crippen LogP contribution in [0.3, 0.4) is 0 Å². The number of hydrogen-bond donors (Lipinski definition) is 10. The number of amides is 5. The predicted molar refractivity (Wildman–Crippen MR) is 222 cm³/mol. The fraction of sp³-hybridized carbons (Fsp3) is 0.537. The van der Waals surface area contributed by atoms with Gasteiger partial charge in [0.25, 0.3) is 0 Å². The number of hydrogen-bond acceptors (Lipinski definition) is 10. The molecule has 0 radical (unpaired) electrons. The van der Waals surface area contributed by atoms with E-state index >= 15 is 0 Å². The molecule has 1 aliphatic heterocycles. The molecular formula is C41H62N10O8. The van der Waals surface area contributed by atoms with Gasteiger partial charge in [0.15, 0.2) is 5.96 Å². The van der Waals surface area contributed by atoms with Crippen molar-refractivity contribution in [2.45, 2.75) is 115 Å². The van der Waals surface area contributed by atoms with Gasteiger partial charge in [-0.2, -0.15) is 0 Å². The van der Waals surface area contributed by atoms with Crippen LogP contribution < -0.4 is 43.8 Å². The van der Waals surface area contributed by atoms with Crippen molar-refractivity contribution in [1.82, 2.24) is 31.5 Å². The molecule has 2 aromatic carbocycles. The molecule has 3 rings (SSSR count). The summed E-state index contributed by atoms with van der Waals surface area (Å²) in [5.41, 5.74) is 18.5. The van der Waals surface area contributed by atoms with Gasteiger partial charge in [0.05, 0.1) is 18.8 Å².